The van der Waals surface area contributed by atoms with Crippen LogP contribution >= 0.6 is 27.3 Å². The van der Waals surface area contributed by atoms with E-state index in [2.05, 4.69) is 27.5 Å². The number of nitrogens with zero attached hydrogens (tertiary/aromatic N) is 3. The van der Waals surface area contributed by atoms with Gasteiger partial charge in [-0.1, -0.05) is 52.1 Å². The molecule has 0 unspecified atom stereocenters. The van der Waals surface area contributed by atoms with E-state index in [0.29, 0.717) is 44.3 Å². The fourth-order valence-electron chi connectivity index (χ4n) is 4.79. The first kappa shape index (κ1) is 31.6. The van der Waals surface area contributed by atoms with Gasteiger partial charge in [-0.3, -0.25) is 19.5 Å². The van der Waals surface area contributed by atoms with Gasteiger partial charge in [0.1, 0.15) is 24.7 Å². The fraction of sp³-hybridized carbons (Fsp3) is 0.182. The molecule has 10 nitrogen and oxygen atoms in total. The minimum absolute atomic E-state index is 0.00455. The number of rotatable bonds is 11. The molecule has 45 heavy (non-hydrogen) atoms. The highest BCUT2D eigenvalue weighted by molar-refractivity contribution is 9.10. The van der Waals surface area contributed by atoms with E-state index in [9.17, 15) is 19.7 Å². The van der Waals surface area contributed by atoms with Crippen molar-refractivity contribution in [1.82, 2.24) is 4.57 Å². The molecule has 0 fully saturated rings. The summed E-state index contributed by atoms with van der Waals surface area (Å²) >= 11 is 4.70. The second kappa shape index (κ2) is 13.9. The number of carbonyl (C=O) groups is 1. The van der Waals surface area contributed by atoms with Gasteiger partial charge in [0.25, 0.3) is 11.2 Å². The topological polar surface area (TPSA) is 122 Å². The molecule has 5 rings (SSSR count). The SMILES string of the molecule is C=CCOc1ccc([C@@H]2C(C(=O)OCC)=C(C)N=c3s/c(=C\c4cc(Br)ccc4OCc4ccc([N+](=O)[O-])cc4)c(=O)n32)cc1. The summed E-state index contributed by atoms with van der Waals surface area (Å²) in [5.41, 5.74) is 2.50. The summed E-state index contributed by atoms with van der Waals surface area (Å²) in [7, 11) is 0. The zero-order chi connectivity index (χ0) is 32.1. The molecule has 1 aromatic heterocycles. The largest absolute Gasteiger partial charge is 0.490 e. The number of carbonyl (C=O) groups excluding carboxylic acids is 1. The molecule has 1 aliphatic heterocycles. The third kappa shape index (κ3) is 6.97. The van der Waals surface area contributed by atoms with E-state index in [4.69, 9.17) is 14.2 Å². The zero-order valence-corrected chi connectivity index (χ0v) is 26.8. The molecular formula is C33H28BrN3O7S. The standard InChI is InChI=1S/C33H28BrN3O7S/c1-4-16-43-26-13-8-22(9-14-26)30-29(32(39)42-5-2)20(3)35-33-36(30)31(38)28(45-33)18-23-17-24(34)10-15-27(23)44-19-21-6-11-25(12-7-21)37(40)41/h4,6-15,17-18,30H,1,5,16,19H2,2-3H3/b28-18-/t30-/m1/s1. The Morgan fingerprint density at radius 2 is 1.87 bits per heavy atom. The Morgan fingerprint density at radius 1 is 1.13 bits per heavy atom. The number of hydrogen-bond acceptors (Lipinski definition) is 9. The first-order valence-electron chi connectivity index (χ1n) is 13.9. The third-order valence-corrected chi connectivity index (χ3v) is 8.36. The lowest BCUT2D eigenvalue weighted by Crippen LogP contribution is -2.39. The van der Waals surface area contributed by atoms with Crippen LogP contribution in [0.15, 0.2) is 105 Å². The van der Waals surface area contributed by atoms with Gasteiger partial charge in [-0.05, 0) is 73.5 Å². The Morgan fingerprint density at radius 3 is 2.53 bits per heavy atom. The van der Waals surface area contributed by atoms with Crippen molar-refractivity contribution in [3.63, 3.8) is 0 Å². The lowest BCUT2D eigenvalue weighted by atomic mass is 9.96. The molecular weight excluding hydrogens is 662 g/mol. The van der Waals surface area contributed by atoms with Crippen LogP contribution in [0.4, 0.5) is 5.69 Å². The van der Waals surface area contributed by atoms with Crippen LogP contribution in [0, 0.1) is 10.1 Å². The molecule has 12 heteroatoms. The van der Waals surface area contributed by atoms with Crippen molar-refractivity contribution < 1.29 is 23.9 Å². The number of benzene rings is 3. The Bertz CT molecular complexity index is 1980. The minimum Gasteiger partial charge on any atom is -0.490 e. The predicted octanol–water partition coefficient (Wildman–Crippen LogP) is 5.61. The van der Waals surface area contributed by atoms with Gasteiger partial charge < -0.3 is 14.2 Å². The average Bonchev–Trinajstić information content (AvgIpc) is 3.33. The van der Waals surface area contributed by atoms with Gasteiger partial charge in [0.15, 0.2) is 4.80 Å². The summed E-state index contributed by atoms with van der Waals surface area (Å²) in [5, 5.41) is 11.0. The summed E-state index contributed by atoms with van der Waals surface area (Å²) in [6, 6.07) is 18.0. The number of hydrogen-bond donors (Lipinski definition) is 0. The monoisotopic (exact) mass is 689 g/mol. The lowest BCUT2D eigenvalue weighted by molar-refractivity contribution is -0.384. The van der Waals surface area contributed by atoms with E-state index in [0.717, 1.165) is 10.0 Å². The molecule has 1 aliphatic rings. The smallest absolute Gasteiger partial charge is 0.338 e. The molecule has 3 aromatic carbocycles. The molecule has 0 radical (unpaired) electrons. The van der Waals surface area contributed by atoms with Gasteiger partial charge >= 0.3 is 5.97 Å². The highest BCUT2D eigenvalue weighted by Crippen LogP contribution is 2.32. The number of non-ortho nitro benzene ring substituents is 1. The first-order chi connectivity index (χ1) is 21.7. The Balaban J connectivity index is 1.56. The van der Waals surface area contributed by atoms with Crippen LogP contribution in [0.3, 0.4) is 0 Å². The Labute approximate surface area is 270 Å². The van der Waals surface area contributed by atoms with Gasteiger partial charge in [-0.2, -0.15) is 0 Å². The summed E-state index contributed by atoms with van der Waals surface area (Å²) in [6.45, 7) is 7.81. The number of ether oxygens (including phenoxy) is 3. The van der Waals surface area contributed by atoms with Gasteiger partial charge in [0.05, 0.1) is 33.4 Å². The molecule has 0 saturated heterocycles. The van der Waals surface area contributed by atoms with Crippen LogP contribution in [0.25, 0.3) is 6.08 Å². The van der Waals surface area contributed by atoms with Gasteiger partial charge in [0, 0.05) is 22.2 Å². The van der Waals surface area contributed by atoms with E-state index in [1.165, 1.54) is 28.0 Å². The van der Waals surface area contributed by atoms with Crippen molar-refractivity contribution in [3.8, 4) is 11.5 Å². The maximum absolute atomic E-state index is 14.1. The summed E-state index contributed by atoms with van der Waals surface area (Å²) in [5.74, 6) is 0.594. The molecule has 4 aromatic rings. The van der Waals surface area contributed by atoms with Crippen LogP contribution in [-0.4, -0.2) is 28.7 Å². The molecule has 1 atom stereocenters. The quantitative estimate of drug-likeness (QED) is 0.0868. The van der Waals surface area contributed by atoms with Crippen LogP contribution in [0.1, 0.15) is 36.6 Å². The average molecular weight is 691 g/mol. The Kier molecular flexibility index (Phi) is 9.74. The number of nitro groups is 1. The van der Waals surface area contributed by atoms with Gasteiger partial charge in [0.2, 0.25) is 0 Å². The van der Waals surface area contributed by atoms with Gasteiger partial charge in [-0.25, -0.2) is 9.79 Å². The number of fused-ring (bicyclic) bond motifs is 1. The number of esters is 1. The third-order valence-electron chi connectivity index (χ3n) is 6.88. The number of allylic oxidation sites excluding steroid dienone is 1. The van der Waals surface area contributed by atoms with Crippen molar-refractivity contribution in [3.05, 3.63) is 142 Å². The van der Waals surface area contributed by atoms with Gasteiger partial charge in [-0.15, -0.1) is 0 Å². The minimum atomic E-state index is -0.767. The number of thiazole rings is 1. The van der Waals surface area contributed by atoms with Crippen molar-refractivity contribution >= 4 is 45.0 Å². The van der Waals surface area contributed by atoms with E-state index in [1.807, 2.05) is 24.3 Å². The van der Waals surface area contributed by atoms with Crippen molar-refractivity contribution in [2.24, 2.45) is 4.99 Å². The normalized spacial score (nSPS) is 14.4. The lowest BCUT2D eigenvalue weighted by Gasteiger charge is -2.24. The second-order valence-corrected chi connectivity index (χ2v) is 11.8. The van der Waals surface area contributed by atoms with Crippen LogP contribution in [0.5, 0.6) is 11.5 Å². The van der Waals surface area contributed by atoms with E-state index >= 15 is 0 Å². The zero-order valence-electron chi connectivity index (χ0n) is 24.4. The molecule has 0 bridgehead atoms. The first-order valence-corrected chi connectivity index (χ1v) is 15.5. The van der Waals surface area contributed by atoms with Crippen molar-refractivity contribution in [2.45, 2.75) is 26.5 Å². The molecule has 0 aliphatic carbocycles. The molecule has 230 valence electrons. The summed E-state index contributed by atoms with van der Waals surface area (Å²) in [6.07, 6.45) is 3.38. The molecule has 0 amide bonds. The fourth-order valence-corrected chi connectivity index (χ4v) is 6.20. The van der Waals surface area contributed by atoms with Crippen molar-refractivity contribution in [1.29, 1.82) is 0 Å². The molecule has 0 spiro atoms. The van der Waals surface area contributed by atoms with E-state index in [1.54, 1.807) is 56.3 Å². The van der Waals surface area contributed by atoms with Crippen molar-refractivity contribution in [2.75, 3.05) is 13.2 Å². The number of halogens is 1. The second-order valence-electron chi connectivity index (χ2n) is 9.87. The maximum Gasteiger partial charge on any atom is 0.338 e. The van der Waals surface area contributed by atoms with Crippen LogP contribution in [-0.2, 0) is 16.1 Å². The summed E-state index contributed by atoms with van der Waals surface area (Å²) in [4.78, 5) is 42.9. The number of nitro benzene ring substituents is 1. The molecule has 0 saturated carbocycles. The van der Waals surface area contributed by atoms with Crippen LogP contribution < -0.4 is 24.4 Å². The van der Waals surface area contributed by atoms with E-state index in [-0.39, 0.29) is 30.0 Å². The molecule has 2 heterocycles. The van der Waals surface area contributed by atoms with E-state index < -0.39 is 16.9 Å². The summed E-state index contributed by atoms with van der Waals surface area (Å²) < 4.78 is 19.8. The number of aromatic nitrogens is 1. The van der Waals surface area contributed by atoms with Crippen LogP contribution in [0.2, 0.25) is 0 Å². The molecule has 0 N–H and O–H groups in total. The maximum atomic E-state index is 14.1. The Hall–Kier alpha value is -4.81. The highest BCUT2D eigenvalue weighted by Gasteiger charge is 2.33. The predicted molar refractivity (Wildman–Crippen MR) is 174 cm³/mol. The highest BCUT2D eigenvalue weighted by atomic mass is 79.9.